The fourth-order valence-corrected chi connectivity index (χ4v) is 5.26. The molecule has 0 bridgehead atoms. The lowest BCUT2D eigenvalue weighted by molar-refractivity contribution is -0.138. The Hall–Kier alpha value is -4.08. The summed E-state index contributed by atoms with van der Waals surface area (Å²) in [6.45, 7) is 10.7. The van der Waals surface area contributed by atoms with Crippen LogP contribution in [0, 0.1) is 19.8 Å². The first-order valence-electron chi connectivity index (χ1n) is 14.3. The topological polar surface area (TPSA) is 113 Å². The maximum absolute atomic E-state index is 14.2. The molecule has 1 aliphatic heterocycles. The number of carbonyl (C=O) groups excluding carboxylic acids is 3. The van der Waals surface area contributed by atoms with E-state index in [0.29, 0.717) is 55.4 Å². The van der Waals surface area contributed by atoms with Gasteiger partial charge in [0.25, 0.3) is 5.91 Å². The van der Waals surface area contributed by atoms with Gasteiger partial charge >= 0.3 is 0 Å². The first-order valence-corrected chi connectivity index (χ1v) is 14.3. The van der Waals surface area contributed by atoms with E-state index in [1.54, 1.807) is 25.1 Å². The molecule has 3 amide bonds. The van der Waals surface area contributed by atoms with Gasteiger partial charge in [0.1, 0.15) is 17.7 Å². The van der Waals surface area contributed by atoms with Crippen molar-refractivity contribution in [1.29, 1.82) is 0 Å². The molecule has 0 spiro atoms. The zero-order valence-corrected chi connectivity index (χ0v) is 24.9. The molecule has 3 aromatic rings. The van der Waals surface area contributed by atoms with Crippen molar-refractivity contribution in [3.05, 3.63) is 65.5 Å². The molecule has 0 saturated carbocycles. The highest BCUT2D eigenvalue weighted by Crippen LogP contribution is 2.27. The molecule has 4 rings (SSSR count). The molecular formula is C31H41N7O3. The fourth-order valence-electron chi connectivity index (χ4n) is 5.26. The summed E-state index contributed by atoms with van der Waals surface area (Å²) in [6, 6.07) is 10.7. The minimum Gasteiger partial charge on any atom is -0.344 e. The van der Waals surface area contributed by atoms with Crippen molar-refractivity contribution in [2.24, 2.45) is 5.92 Å². The number of carbonyl (C=O) groups is 3. The molecule has 41 heavy (non-hydrogen) atoms. The molecular weight excluding hydrogens is 518 g/mol. The molecule has 0 fully saturated rings. The van der Waals surface area contributed by atoms with Crippen molar-refractivity contribution in [2.45, 2.75) is 72.5 Å². The van der Waals surface area contributed by atoms with Gasteiger partial charge in [0, 0.05) is 32.8 Å². The molecule has 1 aromatic carbocycles. The van der Waals surface area contributed by atoms with Gasteiger partial charge in [-0.25, -0.2) is 9.67 Å². The van der Waals surface area contributed by atoms with Crippen molar-refractivity contribution in [2.75, 3.05) is 20.1 Å². The highest BCUT2D eigenvalue weighted by Gasteiger charge is 2.30. The standard InChI is InChI=1S/C31H41N7O3/c1-20(2)19-26-29-33-23(5)35-38(29)18-17-37(16-10-13-27(39)36(6)22(4)30(40)34-26)31(41)28-21(3)32-15-14-25(28)24-11-8-7-9-12-24/h7-9,11-12,14-15,20,22,26H,10,13,16-19H2,1-6H3,(H,34,40)/t22-,26+/m0/s1. The summed E-state index contributed by atoms with van der Waals surface area (Å²) < 4.78 is 1.81. The zero-order valence-electron chi connectivity index (χ0n) is 24.9. The van der Waals surface area contributed by atoms with Gasteiger partial charge in [-0.05, 0) is 56.7 Å². The van der Waals surface area contributed by atoms with Gasteiger partial charge in [0.2, 0.25) is 11.8 Å². The number of rotatable bonds is 4. The smallest absolute Gasteiger partial charge is 0.256 e. The third-order valence-corrected chi connectivity index (χ3v) is 7.62. The number of nitrogens with one attached hydrogen (secondary N) is 1. The minimum absolute atomic E-state index is 0.138. The fraction of sp³-hybridized carbons (Fsp3) is 0.484. The van der Waals surface area contributed by atoms with E-state index in [-0.39, 0.29) is 36.1 Å². The highest BCUT2D eigenvalue weighted by atomic mass is 16.2. The van der Waals surface area contributed by atoms with E-state index >= 15 is 0 Å². The quantitative estimate of drug-likeness (QED) is 0.518. The van der Waals surface area contributed by atoms with Crippen LogP contribution in [0.4, 0.5) is 0 Å². The average Bonchev–Trinajstić information content (AvgIpc) is 3.32. The number of aromatic nitrogens is 4. The van der Waals surface area contributed by atoms with Crippen molar-refractivity contribution < 1.29 is 14.4 Å². The van der Waals surface area contributed by atoms with Crippen molar-refractivity contribution in [3.8, 4) is 11.1 Å². The summed E-state index contributed by atoms with van der Waals surface area (Å²) in [5.41, 5.74) is 2.97. The van der Waals surface area contributed by atoms with Crippen LogP contribution in [0.15, 0.2) is 42.6 Å². The Kier molecular flexibility index (Phi) is 9.52. The molecule has 2 atom stereocenters. The first-order chi connectivity index (χ1) is 19.6. The van der Waals surface area contributed by atoms with Crippen LogP contribution in [0.5, 0.6) is 0 Å². The SMILES string of the molecule is Cc1nc2n(n1)CCN(C(=O)c1c(-c3ccccc3)ccnc1C)CCCC(=O)N(C)[C@@H](C)C(=O)N[C@@H]2CC(C)C. The Morgan fingerprint density at radius 1 is 1.07 bits per heavy atom. The molecule has 1 N–H and O–H groups in total. The van der Waals surface area contributed by atoms with Crippen molar-refractivity contribution >= 4 is 17.7 Å². The lowest BCUT2D eigenvalue weighted by Gasteiger charge is -2.29. The van der Waals surface area contributed by atoms with Gasteiger partial charge in [-0.3, -0.25) is 19.4 Å². The maximum atomic E-state index is 14.2. The number of nitrogens with zero attached hydrogens (tertiary/aromatic N) is 6. The number of amides is 3. The maximum Gasteiger partial charge on any atom is 0.256 e. The molecule has 218 valence electrons. The second-order valence-electron chi connectivity index (χ2n) is 11.2. The molecule has 10 nitrogen and oxygen atoms in total. The van der Waals surface area contributed by atoms with E-state index in [9.17, 15) is 14.4 Å². The van der Waals surface area contributed by atoms with E-state index in [0.717, 1.165) is 11.1 Å². The minimum atomic E-state index is -0.651. The summed E-state index contributed by atoms with van der Waals surface area (Å²) in [5.74, 6) is 1.02. The summed E-state index contributed by atoms with van der Waals surface area (Å²) in [6.07, 6.45) is 3.06. The molecule has 0 saturated heterocycles. The molecule has 0 radical (unpaired) electrons. The summed E-state index contributed by atoms with van der Waals surface area (Å²) in [5, 5.41) is 7.76. The Bertz CT molecular complexity index is 1390. The van der Waals surface area contributed by atoms with Gasteiger partial charge in [-0.1, -0.05) is 44.2 Å². The van der Waals surface area contributed by atoms with Crippen molar-refractivity contribution in [1.82, 2.24) is 34.9 Å². The molecule has 10 heteroatoms. The number of fused-ring (bicyclic) bond motifs is 1. The van der Waals surface area contributed by atoms with Crippen LogP contribution < -0.4 is 5.32 Å². The summed E-state index contributed by atoms with van der Waals surface area (Å²) >= 11 is 0. The largest absolute Gasteiger partial charge is 0.344 e. The van der Waals surface area contributed by atoms with E-state index in [4.69, 9.17) is 0 Å². The van der Waals surface area contributed by atoms with Crippen LogP contribution in [0.25, 0.3) is 11.1 Å². The number of hydrogen-bond donors (Lipinski definition) is 1. The van der Waals surface area contributed by atoms with E-state index in [1.807, 2.05) is 54.9 Å². The van der Waals surface area contributed by atoms with Gasteiger partial charge in [-0.15, -0.1) is 0 Å². The van der Waals surface area contributed by atoms with Crippen LogP contribution >= 0.6 is 0 Å². The number of pyridine rings is 1. The molecule has 0 aliphatic carbocycles. The molecule has 1 aliphatic rings. The Morgan fingerprint density at radius 2 is 1.80 bits per heavy atom. The number of benzene rings is 1. The second kappa shape index (κ2) is 13.1. The van der Waals surface area contributed by atoms with Gasteiger partial charge in [0.05, 0.1) is 23.8 Å². The van der Waals surface area contributed by atoms with E-state index < -0.39 is 6.04 Å². The third-order valence-electron chi connectivity index (χ3n) is 7.62. The normalized spacial score (nSPS) is 19.1. The Morgan fingerprint density at radius 3 is 2.51 bits per heavy atom. The van der Waals surface area contributed by atoms with E-state index in [1.165, 1.54) is 4.90 Å². The van der Waals surface area contributed by atoms with Gasteiger partial charge < -0.3 is 15.1 Å². The predicted octanol–water partition coefficient (Wildman–Crippen LogP) is 3.94. The summed E-state index contributed by atoms with van der Waals surface area (Å²) in [4.78, 5) is 52.9. The Balaban J connectivity index is 1.73. The van der Waals surface area contributed by atoms with Crippen LogP contribution in [-0.2, 0) is 16.1 Å². The van der Waals surface area contributed by atoms with Gasteiger partial charge in [-0.2, -0.15) is 5.10 Å². The van der Waals surface area contributed by atoms with Crippen LogP contribution in [0.3, 0.4) is 0 Å². The van der Waals surface area contributed by atoms with Crippen LogP contribution in [-0.4, -0.2) is 73.4 Å². The molecule has 2 aromatic heterocycles. The third kappa shape index (κ3) is 6.99. The predicted molar refractivity (Wildman–Crippen MR) is 157 cm³/mol. The van der Waals surface area contributed by atoms with Gasteiger partial charge in [0.15, 0.2) is 0 Å². The molecule has 0 unspecified atom stereocenters. The lowest BCUT2D eigenvalue weighted by Crippen LogP contribution is -2.47. The first kappa shape index (κ1) is 29.9. The van der Waals surface area contributed by atoms with E-state index in [2.05, 4.69) is 34.2 Å². The second-order valence-corrected chi connectivity index (χ2v) is 11.2. The number of hydrogen-bond acceptors (Lipinski definition) is 6. The van der Waals surface area contributed by atoms with Crippen LogP contribution in [0.2, 0.25) is 0 Å². The summed E-state index contributed by atoms with van der Waals surface area (Å²) in [7, 11) is 1.65. The number of aryl methyl sites for hydroxylation is 2. The monoisotopic (exact) mass is 559 g/mol. The van der Waals surface area contributed by atoms with Crippen LogP contribution in [0.1, 0.15) is 73.8 Å². The van der Waals surface area contributed by atoms with Crippen molar-refractivity contribution in [3.63, 3.8) is 0 Å². The Labute approximate surface area is 242 Å². The zero-order chi connectivity index (χ0) is 29.7. The lowest BCUT2D eigenvalue weighted by atomic mass is 9.98. The number of likely N-dealkylation sites (N-methyl/N-ethyl adjacent to an activating group) is 1. The molecule has 3 heterocycles. The highest BCUT2D eigenvalue weighted by molar-refractivity contribution is 6.01. The average molecular weight is 560 g/mol.